The van der Waals surface area contributed by atoms with Gasteiger partial charge in [0.2, 0.25) is 5.28 Å². The van der Waals surface area contributed by atoms with Crippen LogP contribution in [0, 0.1) is 0 Å². The number of aryl methyl sites for hydroxylation is 1. The molecule has 0 amide bonds. The summed E-state index contributed by atoms with van der Waals surface area (Å²) >= 11 is 7.68. The molecule has 80 valence electrons. The highest BCUT2D eigenvalue weighted by Gasteiger charge is 2.09. The second-order valence-electron chi connectivity index (χ2n) is 3.35. The average Bonchev–Trinajstić information content (AvgIpc) is 2.83. The van der Waals surface area contributed by atoms with E-state index in [9.17, 15) is 0 Å². The Morgan fingerprint density at radius 3 is 3.00 bits per heavy atom. The van der Waals surface area contributed by atoms with Crippen molar-refractivity contribution in [3.05, 3.63) is 33.5 Å². The Morgan fingerprint density at radius 1 is 1.47 bits per heavy atom. The molecule has 2 rings (SSSR count). The zero-order valence-corrected chi connectivity index (χ0v) is 10.1. The van der Waals surface area contributed by atoms with Crippen LogP contribution in [0.1, 0.15) is 24.7 Å². The van der Waals surface area contributed by atoms with E-state index in [1.165, 1.54) is 5.56 Å². The summed E-state index contributed by atoms with van der Waals surface area (Å²) in [5.74, 6) is 0.966. The summed E-state index contributed by atoms with van der Waals surface area (Å²) in [6.07, 6.45) is 1.97. The largest absolute Gasteiger partial charge is 0.297 e. The summed E-state index contributed by atoms with van der Waals surface area (Å²) in [6, 6.07) is 2.09. The lowest BCUT2D eigenvalue weighted by Crippen LogP contribution is -2.04. The molecule has 0 atom stereocenters. The summed E-state index contributed by atoms with van der Waals surface area (Å²) in [6.45, 7) is 2.89. The fourth-order valence-electron chi connectivity index (χ4n) is 1.44. The van der Waals surface area contributed by atoms with Crippen LogP contribution in [0.25, 0.3) is 0 Å². The molecule has 0 spiro atoms. The number of nitrogens with zero attached hydrogens (tertiary/aromatic N) is 3. The minimum atomic E-state index is 0.477. The lowest BCUT2D eigenvalue weighted by molar-refractivity contribution is 0.707. The van der Waals surface area contributed by atoms with Gasteiger partial charge in [0.05, 0.1) is 6.54 Å². The van der Waals surface area contributed by atoms with Crippen LogP contribution in [0.4, 0.5) is 0 Å². The first-order valence-corrected chi connectivity index (χ1v) is 6.22. The first-order valence-electron chi connectivity index (χ1n) is 4.90. The fourth-order valence-corrected chi connectivity index (χ4v) is 2.30. The van der Waals surface area contributed by atoms with E-state index < -0.39 is 0 Å². The molecular formula is C10H12ClN3S. The van der Waals surface area contributed by atoms with E-state index in [4.69, 9.17) is 11.6 Å². The van der Waals surface area contributed by atoms with E-state index in [1.54, 1.807) is 11.3 Å². The molecule has 0 bridgehead atoms. The van der Waals surface area contributed by atoms with E-state index >= 15 is 0 Å². The molecule has 0 aliphatic heterocycles. The standard InChI is InChI=1S/C10H12ClN3S/c1-2-3-9-12-13-10(11)14(9)6-8-4-5-15-7-8/h4-5,7H,2-3,6H2,1H3. The zero-order valence-electron chi connectivity index (χ0n) is 8.48. The molecular weight excluding hydrogens is 230 g/mol. The summed E-state index contributed by atoms with van der Waals surface area (Å²) in [4.78, 5) is 0. The highest BCUT2D eigenvalue weighted by Crippen LogP contribution is 2.15. The van der Waals surface area contributed by atoms with Gasteiger partial charge in [-0.2, -0.15) is 11.3 Å². The van der Waals surface area contributed by atoms with Crippen molar-refractivity contribution in [3.8, 4) is 0 Å². The summed E-state index contributed by atoms with van der Waals surface area (Å²) < 4.78 is 1.97. The van der Waals surface area contributed by atoms with Gasteiger partial charge in [0.25, 0.3) is 0 Å². The Labute approximate surface area is 97.7 Å². The first kappa shape index (κ1) is 10.6. The SMILES string of the molecule is CCCc1nnc(Cl)n1Cc1ccsc1. The summed E-state index contributed by atoms with van der Waals surface area (Å²) in [7, 11) is 0. The van der Waals surface area contributed by atoms with Crippen molar-refractivity contribution in [3.63, 3.8) is 0 Å². The van der Waals surface area contributed by atoms with E-state index in [2.05, 4.69) is 33.9 Å². The van der Waals surface area contributed by atoms with Crippen LogP contribution in [0.3, 0.4) is 0 Å². The van der Waals surface area contributed by atoms with Gasteiger partial charge in [-0.15, -0.1) is 10.2 Å². The number of hydrogen-bond donors (Lipinski definition) is 0. The maximum Gasteiger partial charge on any atom is 0.225 e. The van der Waals surface area contributed by atoms with Crippen molar-refractivity contribution in [1.29, 1.82) is 0 Å². The molecule has 0 N–H and O–H groups in total. The van der Waals surface area contributed by atoms with Gasteiger partial charge in [-0.1, -0.05) is 6.92 Å². The second-order valence-corrected chi connectivity index (χ2v) is 4.47. The van der Waals surface area contributed by atoms with Crippen LogP contribution in [0.2, 0.25) is 5.28 Å². The summed E-state index contributed by atoms with van der Waals surface area (Å²) in [5.41, 5.74) is 1.25. The fraction of sp³-hybridized carbons (Fsp3) is 0.400. The molecule has 3 nitrogen and oxygen atoms in total. The number of aromatic nitrogens is 3. The lowest BCUT2D eigenvalue weighted by Gasteiger charge is -2.05. The molecule has 0 fully saturated rings. The van der Waals surface area contributed by atoms with E-state index in [0.29, 0.717) is 5.28 Å². The van der Waals surface area contributed by atoms with Crippen LogP contribution in [-0.4, -0.2) is 14.8 Å². The quantitative estimate of drug-likeness (QED) is 0.824. The molecule has 0 saturated heterocycles. The van der Waals surface area contributed by atoms with Crippen molar-refractivity contribution in [2.45, 2.75) is 26.3 Å². The van der Waals surface area contributed by atoms with Crippen LogP contribution in [0.15, 0.2) is 16.8 Å². The molecule has 0 unspecified atom stereocenters. The maximum absolute atomic E-state index is 5.99. The predicted octanol–water partition coefficient (Wildman–Crippen LogP) is 2.99. The van der Waals surface area contributed by atoms with Crippen LogP contribution in [0.5, 0.6) is 0 Å². The highest BCUT2D eigenvalue weighted by atomic mass is 35.5. The minimum absolute atomic E-state index is 0.477. The molecule has 2 aromatic rings. The smallest absolute Gasteiger partial charge is 0.225 e. The van der Waals surface area contributed by atoms with E-state index in [0.717, 1.165) is 25.2 Å². The molecule has 0 saturated carbocycles. The van der Waals surface area contributed by atoms with Crippen LogP contribution >= 0.6 is 22.9 Å². The molecule has 5 heteroatoms. The number of rotatable bonds is 4. The zero-order chi connectivity index (χ0) is 10.7. The molecule has 0 aliphatic rings. The Balaban J connectivity index is 2.22. The van der Waals surface area contributed by atoms with E-state index in [1.807, 2.05) is 4.57 Å². The summed E-state index contributed by atoms with van der Waals surface area (Å²) in [5, 5.41) is 12.6. The van der Waals surface area contributed by atoms with Crippen molar-refractivity contribution in [2.75, 3.05) is 0 Å². The van der Waals surface area contributed by atoms with Crippen LogP contribution in [-0.2, 0) is 13.0 Å². The Kier molecular flexibility index (Phi) is 3.38. The normalized spacial score (nSPS) is 10.8. The van der Waals surface area contributed by atoms with Crippen LogP contribution < -0.4 is 0 Å². The van der Waals surface area contributed by atoms with Crippen molar-refractivity contribution >= 4 is 22.9 Å². The number of halogens is 1. The van der Waals surface area contributed by atoms with Gasteiger partial charge in [0.15, 0.2) is 0 Å². The molecule has 2 aromatic heterocycles. The van der Waals surface area contributed by atoms with Gasteiger partial charge >= 0.3 is 0 Å². The number of hydrogen-bond acceptors (Lipinski definition) is 3. The third-order valence-corrected chi connectivity index (χ3v) is 3.19. The monoisotopic (exact) mass is 241 g/mol. The lowest BCUT2D eigenvalue weighted by atomic mass is 10.3. The molecule has 0 aromatic carbocycles. The molecule has 15 heavy (non-hydrogen) atoms. The highest BCUT2D eigenvalue weighted by molar-refractivity contribution is 7.07. The van der Waals surface area contributed by atoms with Crippen molar-refractivity contribution in [2.24, 2.45) is 0 Å². The minimum Gasteiger partial charge on any atom is -0.297 e. The molecule has 0 aliphatic carbocycles. The Morgan fingerprint density at radius 2 is 2.33 bits per heavy atom. The molecule has 0 radical (unpaired) electrons. The number of thiophene rings is 1. The average molecular weight is 242 g/mol. The van der Waals surface area contributed by atoms with E-state index in [-0.39, 0.29) is 0 Å². The third kappa shape index (κ3) is 2.38. The van der Waals surface area contributed by atoms with Gasteiger partial charge in [-0.3, -0.25) is 4.57 Å². The Bertz CT molecular complexity index is 422. The first-order chi connectivity index (χ1) is 7.31. The van der Waals surface area contributed by atoms with Crippen molar-refractivity contribution in [1.82, 2.24) is 14.8 Å². The predicted molar refractivity (Wildman–Crippen MR) is 62.4 cm³/mol. The van der Waals surface area contributed by atoms with Crippen molar-refractivity contribution < 1.29 is 0 Å². The topological polar surface area (TPSA) is 30.7 Å². The van der Waals surface area contributed by atoms with Gasteiger partial charge in [-0.05, 0) is 40.4 Å². The third-order valence-electron chi connectivity index (χ3n) is 2.18. The van der Waals surface area contributed by atoms with Gasteiger partial charge < -0.3 is 0 Å². The second kappa shape index (κ2) is 4.77. The maximum atomic E-state index is 5.99. The van der Waals surface area contributed by atoms with Gasteiger partial charge in [0.1, 0.15) is 5.82 Å². The molecule has 2 heterocycles. The van der Waals surface area contributed by atoms with Gasteiger partial charge in [-0.25, -0.2) is 0 Å². The Hall–Kier alpha value is -0.870. The van der Waals surface area contributed by atoms with Gasteiger partial charge in [0, 0.05) is 6.42 Å².